The lowest BCUT2D eigenvalue weighted by molar-refractivity contribution is 0.0730. The predicted molar refractivity (Wildman–Crippen MR) is 72.3 cm³/mol. The van der Waals surface area contributed by atoms with Crippen molar-refractivity contribution in [2.24, 2.45) is 0 Å². The summed E-state index contributed by atoms with van der Waals surface area (Å²) in [5.74, 6) is -1.14. The molecule has 0 spiro atoms. The molecule has 0 saturated heterocycles. The standard InChI is InChI=1S/C15H12ClFO2/c1-9-6-7-11(8-10(9)2)19-15(18)12-4-3-5-13(16)14(12)17/h3-8H,1-2H3. The second-order valence-electron chi connectivity index (χ2n) is 4.24. The van der Waals surface area contributed by atoms with E-state index < -0.39 is 11.8 Å². The SMILES string of the molecule is Cc1ccc(OC(=O)c2cccc(Cl)c2F)cc1C. The Bertz CT molecular complexity index is 638. The number of halogens is 2. The van der Waals surface area contributed by atoms with E-state index in [9.17, 15) is 9.18 Å². The van der Waals surface area contributed by atoms with Crippen LogP contribution in [0.2, 0.25) is 5.02 Å². The Morgan fingerprint density at radius 1 is 1.16 bits per heavy atom. The van der Waals surface area contributed by atoms with Crippen LogP contribution in [0.3, 0.4) is 0 Å². The molecule has 0 bridgehead atoms. The van der Waals surface area contributed by atoms with Crippen LogP contribution in [0.4, 0.5) is 4.39 Å². The third-order valence-corrected chi connectivity index (χ3v) is 3.15. The minimum Gasteiger partial charge on any atom is -0.423 e. The Hall–Kier alpha value is -1.87. The van der Waals surface area contributed by atoms with Crippen molar-refractivity contribution in [3.8, 4) is 5.75 Å². The predicted octanol–water partition coefficient (Wildman–Crippen LogP) is 4.32. The Kier molecular flexibility index (Phi) is 3.86. The molecule has 0 radical (unpaired) electrons. The maximum Gasteiger partial charge on any atom is 0.346 e. The van der Waals surface area contributed by atoms with Crippen LogP contribution in [0.25, 0.3) is 0 Å². The summed E-state index contributed by atoms with van der Waals surface area (Å²) >= 11 is 5.62. The van der Waals surface area contributed by atoms with Crippen LogP contribution in [0, 0.1) is 19.7 Å². The number of carbonyl (C=O) groups excluding carboxylic acids is 1. The zero-order chi connectivity index (χ0) is 14.0. The zero-order valence-corrected chi connectivity index (χ0v) is 11.3. The largest absolute Gasteiger partial charge is 0.423 e. The van der Waals surface area contributed by atoms with Crippen molar-refractivity contribution in [3.05, 3.63) is 63.9 Å². The third kappa shape index (κ3) is 2.93. The molecule has 0 heterocycles. The molecule has 2 nitrogen and oxygen atoms in total. The van der Waals surface area contributed by atoms with Gasteiger partial charge in [0.15, 0.2) is 5.82 Å². The Morgan fingerprint density at radius 3 is 2.58 bits per heavy atom. The summed E-state index contributed by atoms with van der Waals surface area (Å²) in [6.45, 7) is 3.87. The van der Waals surface area contributed by atoms with E-state index in [0.29, 0.717) is 5.75 Å². The fourth-order valence-electron chi connectivity index (χ4n) is 1.60. The minimum atomic E-state index is -0.766. The molecule has 2 rings (SSSR count). The summed E-state index contributed by atoms with van der Waals surface area (Å²) in [6, 6.07) is 9.46. The molecule has 2 aromatic rings. The van der Waals surface area contributed by atoms with E-state index in [-0.39, 0.29) is 10.6 Å². The first-order chi connectivity index (χ1) is 8.99. The Labute approximate surface area is 115 Å². The van der Waals surface area contributed by atoms with Gasteiger partial charge in [-0.2, -0.15) is 0 Å². The Balaban J connectivity index is 2.26. The van der Waals surface area contributed by atoms with Crippen LogP contribution in [0.15, 0.2) is 36.4 Å². The van der Waals surface area contributed by atoms with Crippen LogP contribution >= 0.6 is 11.6 Å². The number of rotatable bonds is 2. The topological polar surface area (TPSA) is 26.3 Å². The molecule has 0 aromatic heterocycles. The van der Waals surface area contributed by atoms with E-state index in [1.807, 2.05) is 19.9 Å². The lowest BCUT2D eigenvalue weighted by Crippen LogP contribution is -2.11. The molecule has 2 aromatic carbocycles. The second-order valence-corrected chi connectivity index (χ2v) is 4.64. The van der Waals surface area contributed by atoms with E-state index in [4.69, 9.17) is 16.3 Å². The summed E-state index contributed by atoms with van der Waals surface area (Å²) in [5, 5.41) is -0.102. The summed E-state index contributed by atoms with van der Waals surface area (Å²) in [7, 11) is 0. The van der Waals surface area contributed by atoms with Crippen molar-refractivity contribution in [3.63, 3.8) is 0 Å². The van der Waals surface area contributed by atoms with Crippen molar-refractivity contribution >= 4 is 17.6 Å². The van der Waals surface area contributed by atoms with E-state index in [0.717, 1.165) is 11.1 Å². The van der Waals surface area contributed by atoms with Crippen LogP contribution in [-0.2, 0) is 0 Å². The molecule has 0 amide bonds. The van der Waals surface area contributed by atoms with Crippen molar-refractivity contribution in [1.29, 1.82) is 0 Å². The van der Waals surface area contributed by atoms with Crippen molar-refractivity contribution in [2.45, 2.75) is 13.8 Å². The van der Waals surface area contributed by atoms with Gasteiger partial charge in [0.1, 0.15) is 5.75 Å². The number of aryl methyl sites for hydroxylation is 2. The number of esters is 1. The smallest absolute Gasteiger partial charge is 0.346 e. The highest BCUT2D eigenvalue weighted by Gasteiger charge is 2.16. The molecule has 4 heteroatoms. The van der Waals surface area contributed by atoms with Gasteiger partial charge >= 0.3 is 5.97 Å². The van der Waals surface area contributed by atoms with Gasteiger partial charge in [-0.15, -0.1) is 0 Å². The Morgan fingerprint density at radius 2 is 1.89 bits per heavy atom. The van der Waals surface area contributed by atoms with Gasteiger partial charge in [0, 0.05) is 0 Å². The van der Waals surface area contributed by atoms with Gasteiger partial charge in [-0.1, -0.05) is 23.7 Å². The molecule has 0 fully saturated rings. The van der Waals surface area contributed by atoms with Gasteiger partial charge in [0.2, 0.25) is 0 Å². The summed E-state index contributed by atoms with van der Waals surface area (Å²) < 4.78 is 18.8. The van der Waals surface area contributed by atoms with E-state index in [1.54, 1.807) is 12.1 Å². The first-order valence-electron chi connectivity index (χ1n) is 5.72. The van der Waals surface area contributed by atoms with Gasteiger partial charge in [-0.25, -0.2) is 9.18 Å². The molecule has 0 unspecified atom stereocenters. The lowest BCUT2D eigenvalue weighted by atomic mass is 10.1. The molecule has 0 aliphatic rings. The average molecular weight is 279 g/mol. The normalized spacial score (nSPS) is 10.3. The highest BCUT2D eigenvalue weighted by molar-refractivity contribution is 6.31. The molecule has 0 aliphatic heterocycles. The van der Waals surface area contributed by atoms with Crippen molar-refractivity contribution in [1.82, 2.24) is 0 Å². The summed E-state index contributed by atoms with van der Waals surface area (Å²) in [5.41, 5.74) is 1.91. The highest BCUT2D eigenvalue weighted by atomic mass is 35.5. The van der Waals surface area contributed by atoms with E-state index in [1.165, 1.54) is 18.2 Å². The first-order valence-corrected chi connectivity index (χ1v) is 6.10. The van der Waals surface area contributed by atoms with Crippen LogP contribution in [-0.4, -0.2) is 5.97 Å². The number of carbonyl (C=O) groups is 1. The van der Waals surface area contributed by atoms with Crippen LogP contribution in [0.1, 0.15) is 21.5 Å². The summed E-state index contributed by atoms with van der Waals surface area (Å²) in [4.78, 5) is 11.9. The quantitative estimate of drug-likeness (QED) is 0.604. The molecule has 0 N–H and O–H groups in total. The number of benzene rings is 2. The third-order valence-electron chi connectivity index (χ3n) is 2.86. The zero-order valence-electron chi connectivity index (χ0n) is 10.5. The highest BCUT2D eigenvalue weighted by Crippen LogP contribution is 2.21. The van der Waals surface area contributed by atoms with Gasteiger partial charge < -0.3 is 4.74 Å². The molecule has 19 heavy (non-hydrogen) atoms. The number of ether oxygens (including phenoxy) is 1. The first kappa shape index (κ1) is 13.6. The van der Waals surface area contributed by atoms with Crippen molar-refractivity contribution < 1.29 is 13.9 Å². The molecule has 98 valence electrons. The van der Waals surface area contributed by atoms with Gasteiger partial charge in [0.05, 0.1) is 10.6 Å². The number of hydrogen-bond donors (Lipinski definition) is 0. The minimum absolute atomic E-state index is 0.102. The number of hydrogen-bond acceptors (Lipinski definition) is 2. The van der Waals surface area contributed by atoms with E-state index in [2.05, 4.69) is 0 Å². The molecule has 0 saturated carbocycles. The fourth-order valence-corrected chi connectivity index (χ4v) is 1.78. The second kappa shape index (κ2) is 5.41. The van der Waals surface area contributed by atoms with Crippen molar-refractivity contribution in [2.75, 3.05) is 0 Å². The molecule has 0 atom stereocenters. The maximum absolute atomic E-state index is 13.7. The maximum atomic E-state index is 13.7. The molecule has 0 aliphatic carbocycles. The van der Waals surface area contributed by atoms with Gasteiger partial charge in [-0.3, -0.25) is 0 Å². The monoisotopic (exact) mass is 278 g/mol. The average Bonchev–Trinajstić information content (AvgIpc) is 2.37. The van der Waals surface area contributed by atoms with Crippen LogP contribution in [0.5, 0.6) is 5.75 Å². The molecular weight excluding hydrogens is 267 g/mol. The fraction of sp³-hybridized carbons (Fsp3) is 0.133. The van der Waals surface area contributed by atoms with Gasteiger partial charge in [0.25, 0.3) is 0 Å². The van der Waals surface area contributed by atoms with E-state index >= 15 is 0 Å². The molecular formula is C15H12ClFO2. The lowest BCUT2D eigenvalue weighted by Gasteiger charge is -2.07. The van der Waals surface area contributed by atoms with Crippen LogP contribution < -0.4 is 4.74 Å². The van der Waals surface area contributed by atoms with Gasteiger partial charge in [-0.05, 0) is 49.2 Å². The summed E-state index contributed by atoms with van der Waals surface area (Å²) in [6.07, 6.45) is 0.